The van der Waals surface area contributed by atoms with Gasteiger partial charge in [-0.25, -0.2) is 18.1 Å². The van der Waals surface area contributed by atoms with Crippen molar-refractivity contribution < 1.29 is 8.42 Å². The molecule has 1 fully saturated rings. The van der Waals surface area contributed by atoms with Crippen molar-refractivity contribution in [1.82, 2.24) is 14.3 Å². The zero-order valence-corrected chi connectivity index (χ0v) is 11.8. The van der Waals surface area contributed by atoms with Gasteiger partial charge >= 0.3 is 0 Å². The summed E-state index contributed by atoms with van der Waals surface area (Å²) in [6.07, 6.45) is 7.31. The summed E-state index contributed by atoms with van der Waals surface area (Å²) in [5, 5.41) is 0. The van der Waals surface area contributed by atoms with Crippen LogP contribution < -0.4 is 4.72 Å². The summed E-state index contributed by atoms with van der Waals surface area (Å²) in [5.74, 6) is 1.43. The van der Waals surface area contributed by atoms with Crippen LogP contribution in [0.15, 0.2) is 12.4 Å². The smallest absolute Gasteiger partial charge is 0.212 e. The highest BCUT2D eigenvalue weighted by atomic mass is 32.2. The lowest BCUT2D eigenvalue weighted by Crippen LogP contribution is -2.33. The molecule has 5 nitrogen and oxygen atoms in total. The van der Waals surface area contributed by atoms with Gasteiger partial charge in [0.2, 0.25) is 10.0 Å². The van der Waals surface area contributed by atoms with Gasteiger partial charge in [-0.15, -0.1) is 0 Å². The van der Waals surface area contributed by atoms with E-state index in [4.69, 9.17) is 0 Å². The molecule has 1 aromatic rings. The Morgan fingerprint density at radius 3 is 2.78 bits per heavy atom. The van der Waals surface area contributed by atoms with E-state index in [9.17, 15) is 8.42 Å². The molecule has 1 aliphatic carbocycles. The first-order valence-corrected chi connectivity index (χ1v) is 8.16. The van der Waals surface area contributed by atoms with Crippen molar-refractivity contribution in [3.63, 3.8) is 0 Å². The fourth-order valence-corrected chi connectivity index (χ4v) is 3.52. The van der Waals surface area contributed by atoms with Crippen LogP contribution in [0.25, 0.3) is 0 Å². The molecule has 0 bridgehead atoms. The highest BCUT2D eigenvalue weighted by Gasteiger charge is 2.36. The van der Waals surface area contributed by atoms with E-state index in [1.165, 1.54) is 0 Å². The number of nitrogens with zero attached hydrogens (tertiary/aromatic N) is 2. The maximum absolute atomic E-state index is 12.0. The highest BCUT2D eigenvalue weighted by molar-refractivity contribution is 7.89. The fourth-order valence-electron chi connectivity index (χ4n) is 2.05. The largest absolute Gasteiger partial charge is 0.337 e. The third-order valence-corrected chi connectivity index (χ3v) is 4.74. The molecule has 0 radical (unpaired) electrons. The summed E-state index contributed by atoms with van der Waals surface area (Å²) in [6, 6.07) is -0.160. The molecule has 1 atom stereocenters. The van der Waals surface area contributed by atoms with Crippen molar-refractivity contribution in [3.8, 4) is 0 Å². The molecular formula is C12H21N3O2S. The number of nitrogens with one attached hydrogen (secondary N) is 1. The summed E-state index contributed by atoms with van der Waals surface area (Å²) < 4.78 is 28.7. The molecule has 1 unspecified atom stereocenters. The first-order chi connectivity index (χ1) is 8.53. The molecule has 6 heteroatoms. The van der Waals surface area contributed by atoms with Gasteiger partial charge in [-0.1, -0.05) is 13.3 Å². The first kappa shape index (κ1) is 13.5. The van der Waals surface area contributed by atoms with E-state index in [1.807, 2.05) is 24.7 Å². The van der Waals surface area contributed by atoms with Crippen molar-refractivity contribution in [1.29, 1.82) is 0 Å². The molecule has 102 valence electrons. The fraction of sp³-hybridized carbons (Fsp3) is 0.750. The summed E-state index contributed by atoms with van der Waals surface area (Å²) in [5.41, 5.74) is 0. The molecule has 1 heterocycles. The molecular weight excluding hydrogens is 250 g/mol. The normalized spacial score (nSPS) is 17.9. The van der Waals surface area contributed by atoms with Crippen LogP contribution in [0.2, 0.25) is 0 Å². The summed E-state index contributed by atoms with van der Waals surface area (Å²) in [7, 11) is -1.29. The number of imidazole rings is 1. The molecule has 0 aromatic carbocycles. The lowest BCUT2D eigenvalue weighted by molar-refractivity contribution is 0.499. The molecule has 1 aliphatic rings. The summed E-state index contributed by atoms with van der Waals surface area (Å²) in [6.45, 7) is 1.99. The zero-order chi connectivity index (χ0) is 13.2. The quantitative estimate of drug-likeness (QED) is 0.819. The molecule has 2 rings (SSSR count). The molecule has 1 N–H and O–H groups in total. The van der Waals surface area contributed by atoms with Gasteiger partial charge in [0.15, 0.2) is 0 Å². The highest BCUT2D eigenvalue weighted by Crippen LogP contribution is 2.40. The van der Waals surface area contributed by atoms with Crippen molar-refractivity contribution in [2.24, 2.45) is 13.0 Å². The van der Waals surface area contributed by atoms with Crippen molar-refractivity contribution in [3.05, 3.63) is 18.2 Å². The van der Waals surface area contributed by atoms with Crippen LogP contribution in [0.3, 0.4) is 0 Å². The first-order valence-electron chi connectivity index (χ1n) is 6.50. The standard InChI is InChI=1S/C12H21N3O2S/c1-3-4-9-18(16,17)14-11(10-5-6-10)12-13-7-8-15(12)2/h7-8,10-11,14H,3-6,9H2,1-2H3. The van der Waals surface area contributed by atoms with Crippen LogP contribution in [0.4, 0.5) is 0 Å². The summed E-state index contributed by atoms with van der Waals surface area (Å²) in [4.78, 5) is 4.28. The number of aryl methyl sites for hydroxylation is 1. The van der Waals surface area contributed by atoms with Crippen molar-refractivity contribution in [2.45, 2.75) is 38.6 Å². The minimum atomic E-state index is -3.19. The topological polar surface area (TPSA) is 64.0 Å². The lowest BCUT2D eigenvalue weighted by atomic mass is 10.2. The minimum Gasteiger partial charge on any atom is -0.337 e. The van der Waals surface area contributed by atoms with Crippen molar-refractivity contribution in [2.75, 3.05) is 5.75 Å². The average molecular weight is 271 g/mol. The SMILES string of the molecule is CCCCS(=O)(=O)NC(c1nccn1C)C1CC1. The van der Waals surface area contributed by atoms with E-state index in [0.29, 0.717) is 12.3 Å². The molecule has 0 amide bonds. The van der Waals surface area contributed by atoms with E-state index < -0.39 is 10.0 Å². The average Bonchev–Trinajstić information content (AvgIpc) is 3.07. The van der Waals surface area contributed by atoms with Gasteiger partial charge in [0.05, 0.1) is 11.8 Å². The lowest BCUT2D eigenvalue weighted by Gasteiger charge is -2.18. The van der Waals surface area contributed by atoms with Crippen LogP contribution in [0.1, 0.15) is 44.5 Å². The molecule has 0 saturated heterocycles. The Morgan fingerprint density at radius 2 is 2.28 bits per heavy atom. The van der Waals surface area contributed by atoms with Gasteiger partial charge < -0.3 is 4.57 Å². The monoisotopic (exact) mass is 271 g/mol. The maximum atomic E-state index is 12.0. The molecule has 1 saturated carbocycles. The van der Waals surface area contributed by atoms with Crippen LogP contribution in [-0.2, 0) is 17.1 Å². The van der Waals surface area contributed by atoms with Crippen LogP contribution in [0.5, 0.6) is 0 Å². The second-order valence-corrected chi connectivity index (χ2v) is 6.88. The van der Waals surface area contributed by atoms with Gasteiger partial charge in [-0.05, 0) is 25.2 Å². The predicted octanol–water partition coefficient (Wildman–Crippen LogP) is 1.59. The van der Waals surface area contributed by atoms with E-state index in [-0.39, 0.29) is 11.8 Å². The molecule has 18 heavy (non-hydrogen) atoms. The van der Waals surface area contributed by atoms with Gasteiger partial charge in [0.1, 0.15) is 5.82 Å². The molecule has 0 aliphatic heterocycles. The maximum Gasteiger partial charge on any atom is 0.212 e. The Morgan fingerprint density at radius 1 is 1.56 bits per heavy atom. The number of hydrogen-bond acceptors (Lipinski definition) is 3. The third-order valence-electron chi connectivity index (χ3n) is 3.30. The number of aromatic nitrogens is 2. The Labute approximate surface area is 109 Å². The van der Waals surface area contributed by atoms with Gasteiger partial charge in [0, 0.05) is 19.4 Å². The van der Waals surface area contributed by atoms with Gasteiger partial charge in [0.25, 0.3) is 0 Å². The van der Waals surface area contributed by atoms with Gasteiger partial charge in [-0.2, -0.15) is 0 Å². The van der Waals surface area contributed by atoms with Crippen LogP contribution in [0, 0.1) is 5.92 Å². The number of hydrogen-bond donors (Lipinski definition) is 1. The van der Waals surface area contributed by atoms with Gasteiger partial charge in [-0.3, -0.25) is 0 Å². The Kier molecular flexibility index (Phi) is 4.07. The third kappa shape index (κ3) is 3.32. The molecule has 1 aromatic heterocycles. The predicted molar refractivity (Wildman–Crippen MR) is 70.5 cm³/mol. The number of unbranched alkanes of at least 4 members (excludes halogenated alkanes) is 1. The number of rotatable bonds is 7. The van der Waals surface area contributed by atoms with E-state index in [1.54, 1.807) is 6.20 Å². The Bertz CT molecular complexity index is 491. The second kappa shape index (κ2) is 5.40. The zero-order valence-electron chi connectivity index (χ0n) is 11.0. The van der Waals surface area contributed by atoms with E-state index in [2.05, 4.69) is 9.71 Å². The van der Waals surface area contributed by atoms with Crippen LogP contribution in [-0.4, -0.2) is 23.7 Å². The Balaban J connectivity index is 2.10. The molecule has 0 spiro atoms. The van der Waals surface area contributed by atoms with E-state index >= 15 is 0 Å². The number of sulfonamides is 1. The minimum absolute atomic E-state index is 0.160. The van der Waals surface area contributed by atoms with Crippen LogP contribution >= 0.6 is 0 Å². The Hall–Kier alpha value is -0.880. The summed E-state index contributed by atoms with van der Waals surface area (Å²) >= 11 is 0. The van der Waals surface area contributed by atoms with E-state index in [0.717, 1.165) is 25.1 Å². The van der Waals surface area contributed by atoms with Crippen molar-refractivity contribution >= 4 is 10.0 Å². The second-order valence-electron chi connectivity index (χ2n) is 5.00.